The molecule has 14 heavy (non-hydrogen) atoms. The van der Waals surface area contributed by atoms with E-state index in [2.05, 4.69) is 0 Å². The molecule has 3 heteroatoms. The van der Waals surface area contributed by atoms with Crippen molar-refractivity contribution in [2.24, 2.45) is 0 Å². The summed E-state index contributed by atoms with van der Waals surface area (Å²) in [6, 6.07) is 12.0. The summed E-state index contributed by atoms with van der Waals surface area (Å²) in [5.74, 6) is -0.730. The summed E-state index contributed by atoms with van der Waals surface area (Å²) in [7, 11) is 0. The van der Waals surface area contributed by atoms with E-state index in [1.807, 2.05) is 6.07 Å². The first-order valence-electron chi connectivity index (χ1n) is 4.06. The third-order valence-electron chi connectivity index (χ3n) is 2.13. The van der Waals surface area contributed by atoms with Crippen molar-refractivity contribution in [3.05, 3.63) is 35.9 Å². The van der Waals surface area contributed by atoms with E-state index in [-0.39, 0.29) is 0 Å². The van der Waals surface area contributed by atoms with E-state index in [1.165, 1.54) is 13.0 Å². The highest BCUT2D eigenvalue weighted by Gasteiger charge is 2.35. The fourth-order valence-electron chi connectivity index (χ4n) is 1.13. The summed E-state index contributed by atoms with van der Waals surface area (Å²) in [5, 5.41) is 17.4. The summed E-state index contributed by atoms with van der Waals surface area (Å²) in [6.07, 6.45) is 0. The molecular formula is C11H8N2O. The van der Waals surface area contributed by atoms with Crippen LogP contribution in [-0.2, 0) is 10.2 Å². The van der Waals surface area contributed by atoms with E-state index < -0.39 is 11.2 Å². The minimum atomic E-state index is -1.35. The summed E-state index contributed by atoms with van der Waals surface area (Å²) < 4.78 is 0. The molecule has 0 radical (unpaired) electrons. The maximum absolute atomic E-state index is 11.3. The van der Waals surface area contributed by atoms with Crippen molar-refractivity contribution in [2.45, 2.75) is 12.3 Å². The Kier molecular flexibility index (Phi) is 2.65. The van der Waals surface area contributed by atoms with Gasteiger partial charge in [0.15, 0.2) is 5.41 Å². The second-order valence-electron chi connectivity index (χ2n) is 3.04. The number of rotatable bonds is 2. The SMILES string of the molecule is CC(C#N)(C(=O)C#N)c1ccccc1. The lowest BCUT2D eigenvalue weighted by atomic mass is 9.80. The van der Waals surface area contributed by atoms with Gasteiger partial charge in [0, 0.05) is 0 Å². The monoisotopic (exact) mass is 184 g/mol. The van der Waals surface area contributed by atoms with Gasteiger partial charge in [-0.05, 0) is 12.5 Å². The Morgan fingerprint density at radius 2 is 1.86 bits per heavy atom. The van der Waals surface area contributed by atoms with Crippen molar-refractivity contribution in [1.29, 1.82) is 10.5 Å². The molecule has 1 aromatic carbocycles. The number of carbonyl (C=O) groups excluding carboxylic acids is 1. The van der Waals surface area contributed by atoms with Gasteiger partial charge in [-0.2, -0.15) is 10.5 Å². The van der Waals surface area contributed by atoms with Crippen molar-refractivity contribution in [2.75, 3.05) is 0 Å². The molecule has 0 amide bonds. The van der Waals surface area contributed by atoms with Crippen LogP contribution in [0.4, 0.5) is 0 Å². The average Bonchev–Trinajstić information content (AvgIpc) is 2.28. The molecule has 1 aromatic rings. The minimum absolute atomic E-state index is 0.550. The van der Waals surface area contributed by atoms with Crippen molar-refractivity contribution in [3.8, 4) is 12.1 Å². The number of hydrogen-bond donors (Lipinski definition) is 0. The van der Waals surface area contributed by atoms with Crippen molar-refractivity contribution < 1.29 is 4.79 Å². The third-order valence-corrected chi connectivity index (χ3v) is 2.13. The molecule has 0 bridgehead atoms. The van der Waals surface area contributed by atoms with Crippen LogP contribution in [0.2, 0.25) is 0 Å². The zero-order valence-corrected chi connectivity index (χ0v) is 7.69. The Labute approximate surface area is 82.2 Å². The number of carbonyl (C=O) groups is 1. The van der Waals surface area contributed by atoms with E-state index in [4.69, 9.17) is 10.5 Å². The highest BCUT2D eigenvalue weighted by atomic mass is 16.1. The molecule has 1 unspecified atom stereocenters. The molecule has 3 nitrogen and oxygen atoms in total. The highest BCUT2D eigenvalue weighted by Crippen LogP contribution is 2.23. The van der Waals surface area contributed by atoms with Crippen molar-refractivity contribution in [3.63, 3.8) is 0 Å². The number of benzene rings is 1. The fourth-order valence-corrected chi connectivity index (χ4v) is 1.13. The first kappa shape index (κ1) is 9.95. The number of hydrogen-bond acceptors (Lipinski definition) is 3. The molecule has 0 fully saturated rings. The Morgan fingerprint density at radius 1 is 1.29 bits per heavy atom. The molecule has 0 aliphatic carbocycles. The lowest BCUT2D eigenvalue weighted by Crippen LogP contribution is -2.29. The lowest BCUT2D eigenvalue weighted by molar-refractivity contribution is -0.117. The standard InChI is InChI=1S/C11H8N2O/c1-11(8-13,10(14)7-12)9-5-3-2-4-6-9/h2-6H,1H3. The van der Waals surface area contributed by atoms with Gasteiger partial charge >= 0.3 is 0 Å². The second kappa shape index (κ2) is 3.72. The van der Waals surface area contributed by atoms with Crippen LogP contribution in [0.25, 0.3) is 0 Å². The van der Waals surface area contributed by atoms with Crippen LogP contribution in [-0.4, -0.2) is 5.78 Å². The smallest absolute Gasteiger partial charge is 0.256 e. The van der Waals surface area contributed by atoms with E-state index >= 15 is 0 Å². The molecule has 0 spiro atoms. The quantitative estimate of drug-likeness (QED) is 0.655. The molecule has 1 atom stereocenters. The molecule has 0 heterocycles. The summed E-state index contributed by atoms with van der Waals surface area (Å²) in [6.45, 7) is 1.45. The zero-order valence-electron chi connectivity index (χ0n) is 7.69. The molecule has 0 aliphatic rings. The number of ketones is 1. The summed E-state index contributed by atoms with van der Waals surface area (Å²) >= 11 is 0. The summed E-state index contributed by atoms with van der Waals surface area (Å²) in [5.41, 5.74) is -0.801. The molecular weight excluding hydrogens is 176 g/mol. The van der Waals surface area contributed by atoms with Crippen LogP contribution in [0, 0.1) is 22.7 Å². The Hall–Kier alpha value is -2.13. The van der Waals surface area contributed by atoms with Gasteiger partial charge in [0.05, 0.1) is 6.07 Å². The van der Waals surface area contributed by atoms with Gasteiger partial charge in [0.25, 0.3) is 5.78 Å². The van der Waals surface area contributed by atoms with E-state index in [0.29, 0.717) is 5.56 Å². The van der Waals surface area contributed by atoms with Gasteiger partial charge < -0.3 is 0 Å². The van der Waals surface area contributed by atoms with Crippen LogP contribution in [0.1, 0.15) is 12.5 Å². The fraction of sp³-hybridized carbons (Fsp3) is 0.182. The van der Waals surface area contributed by atoms with Gasteiger partial charge in [-0.25, -0.2) is 0 Å². The maximum Gasteiger partial charge on any atom is 0.256 e. The molecule has 0 saturated heterocycles. The third kappa shape index (κ3) is 1.48. The van der Waals surface area contributed by atoms with Gasteiger partial charge in [-0.1, -0.05) is 30.3 Å². The molecule has 68 valence electrons. The predicted octanol–water partition coefficient (Wildman–Crippen LogP) is 1.56. The Balaban J connectivity index is 3.25. The Bertz CT molecular complexity index is 425. The van der Waals surface area contributed by atoms with E-state index in [0.717, 1.165) is 0 Å². The van der Waals surface area contributed by atoms with Gasteiger partial charge in [-0.15, -0.1) is 0 Å². The van der Waals surface area contributed by atoms with Gasteiger partial charge in [0.2, 0.25) is 0 Å². The second-order valence-corrected chi connectivity index (χ2v) is 3.04. The largest absolute Gasteiger partial charge is 0.280 e. The molecule has 0 aromatic heterocycles. The van der Waals surface area contributed by atoms with Crippen molar-refractivity contribution >= 4 is 5.78 Å². The van der Waals surface area contributed by atoms with Gasteiger partial charge in [-0.3, -0.25) is 4.79 Å². The van der Waals surface area contributed by atoms with E-state index in [9.17, 15) is 4.79 Å². The predicted molar refractivity (Wildman–Crippen MR) is 50.0 cm³/mol. The first-order chi connectivity index (χ1) is 6.65. The van der Waals surface area contributed by atoms with Crippen LogP contribution in [0.15, 0.2) is 30.3 Å². The van der Waals surface area contributed by atoms with Gasteiger partial charge in [0.1, 0.15) is 6.07 Å². The normalized spacial score (nSPS) is 13.4. The molecule has 0 N–H and O–H groups in total. The molecule has 1 rings (SSSR count). The lowest BCUT2D eigenvalue weighted by Gasteiger charge is -2.15. The van der Waals surface area contributed by atoms with Crippen LogP contribution >= 0.6 is 0 Å². The molecule has 0 aliphatic heterocycles. The first-order valence-corrected chi connectivity index (χ1v) is 4.06. The number of nitrogens with zero attached hydrogens (tertiary/aromatic N) is 2. The van der Waals surface area contributed by atoms with Crippen LogP contribution < -0.4 is 0 Å². The molecule has 0 saturated carbocycles. The highest BCUT2D eigenvalue weighted by molar-refractivity contribution is 6.04. The van der Waals surface area contributed by atoms with Crippen LogP contribution in [0.5, 0.6) is 0 Å². The zero-order chi connectivity index (χ0) is 10.6. The minimum Gasteiger partial charge on any atom is -0.280 e. The topological polar surface area (TPSA) is 64.7 Å². The van der Waals surface area contributed by atoms with Crippen LogP contribution in [0.3, 0.4) is 0 Å². The number of nitriles is 2. The summed E-state index contributed by atoms with van der Waals surface area (Å²) in [4.78, 5) is 11.3. The Morgan fingerprint density at radius 3 is 2.29 bits per heavy atom. The van der Waals surface area contributed by atoms with Crippen molar-refractivity contribution in [1.82, 2.24) is 0 Å². The average molecular weight is 184 g/mol. The number of Topliss-reactive ketones (excluding diaryl/α,β-unsaturated/α-hetero) is 1. The maximum atomic E-state index is 11.3. The van der Waals surface area contributed by atoms with E-state index in [1.54, 1.807) is 30.3 Å².